The maximum atomic E-state index is 12.6. The average molecular weight is 877 g/mol. The van der Waals surface area contributed by atoms with Gasteiger partial charge in [-0.25, -0.2) is 9.13 Å². The summed E-state index contributed by atoms with van der Waals surface area (Å²) in [7, 11) is -9.79. The van der Waals surface area contributed by atoms with Gasteiger partial charge in [0.2, 0.25) is 0 Å². The van der Waals surface area contributed by atoms with E-state index in [4.69, 9.17) is 37.0 Å². The highest BCUT2D eigenvalue weighted by Crippen LogP contribution is 2.45. The minimum Gasteiger partial charge on any atom is -0.462 e. The van der Waals surface area contributed by atoms with Crippen molar-refractivity contribution in [2.45, 2.75) is 187 Å². The van der Waals surface area contributed by atoms with E-state index in [2.05, 4.69) is 13.8 Å². The Hall–Kier alpha value is -1.94. The molecule has 0 heterocycles. The predicted octanol–water partition coefficient (Wildman–Crippen LogP) is 8.19. The van der Waals surface area contributed by atoms with Crippen LogP contribution in [0.4, 0.5) is 0 Å². The van der Waals surface area contributed by atoms with E-state index < -0.39 is 97.5 Å². The molecule has 0 fully saturated rings. The van der Waals surface area contributed by atoms with Crippen molar-refractivity contribution in [3.05, 3.63) is 0 Å². The normalized spacial score (nSPS) is 15.1. The van der Waals surface area contributed by atoms with Gasteiger partial charge in [0, 0.05) is 25.7 Å². The lowest BCUT2D eigenvalue weighted by Gasteiger charge is -2.21. The molecule has 5 atom stereocenters. The summed E-state index contributed by atoms with van der Waals surface area (Å²) >= 11 is 0. The highest BCUT2D eigenvalue weighted by atomic mass is 31.2. The van der Waals surface area contributed by atoms with E-state index >= 15 is 0 Å². The highest BCUT2D eigenvalue weighted by Gasteiger charge is 2.30. The number of phosphoric ester groups is 2. The lowest BCUT2D eigenvalue weighted by molar-refractivity contribution is -0.161. The molecule has 0 aromatic rings. The lowest BCUT2D eigenvalue weighted by atomic mass is 10.1. The summed E-state index contributed by atoms with van der Waals surface area (Å²) in [5.74, 6) is -2.23. The molecule has 0 aromatic carbocycles. The number of esters is 4. The first kappa shape index (κ1) is 56.1. The monoisotopic (exact) mass is 876 g/mol. The molecule has 0 bridgehead atoms. The maximum Gasteiger partial charge on any atom is 0.472 e. The van der Waals surface area contributed by atoms with Crippen molar-refractivity contribution in [1.82, 2.24) is 0 Å². The van der Waals surface area contributed by atoms with E-state index in [1.54, 1.807) is 0 Å². The third-order valence-corrected chi connectivity index (χ3v) is 10.5. The average Bonchev–Trinajstić information content (AvgIpc) is 3.18. The molecule has 0 aliphatic rings. The number of carbonyl (C=O) groups excluding carboxylic acids is 4. The first-order chi connectivity index (χ1) is 27.7. The summed E-state index contributed by atoms with van der Waals surface area (Å²) < 4.78 is 65.9. The second kappa shape index (κ2) is 35.8. The SMILES string of the molecule is CCCCCCCCC(=O)O[C@H](COC(=O)CCCCCCC)COP(=O)(O)OC[C@@H](O)COP(=O)(O)OC[C@@H](COC(=O)CCCCCC)OC(=O)CCCCC. The predicted molar refractivity (Wildman–Crippen MR) is 215 cm³/mol. The Bertz CT molecular complexity index is 1190. The van der Waals surface area contributed by atoms with Crippen LogP contribution in [0.1, 0.15) is 169 Å². The number of unbranched alkanes of at least 4 members (excludes halogenated alkanes) is 14. The standard InChI is InChI=1S/C39H74O17P2/c1-5-9-13-16-18-22-26-39(44)56-35(30-50-37(42)24-21-17-14-10-6-2)32-54-58(47,48)52-28-33(40)27-51-57(45,46)53-31-34(55-38(43)25-19-12-8-4)29-49-36(41)23-20-15-11-7-3/h33-35,40H,5-32H2,1-4H3,(H,45,46)(H,47,48)/t33-,34+,35+/m0/s1. The van der Waals surface area contributed by atoms with E-state index in [0.29, 0.717) is 25.7 Å². The van der Waals surface area contributed by atoms with Gasteiger partial charge in [-0.15, -0.1) is 0 Å². The van der Waals surface area contributed by atoms with Crippen molar-refractivity contribution in [2.24, 2.45) is 0 Å². The van der Waals surface area contributed by atoms with Gasteiger partial charge in [0.15, 0.2) is 12.2 Å². The Balaban J connectivity index is 5.07. The van der Waals surface area contributed by atoms with Crippen LogP contribution in [0.25, 0.3) is 0 Å². The third kappa shape index (κ3) is 34.9. The zero-order valence-corrected chi connectivity index (χ0v) is 37.3. The molecule has 3 N–H and O–H groups in total. The van der Waals surface area contributed by atoms with Gasteiger partial charge in [0.05, 0.1) is 26.4 Å². The molecule has 2 unspecified atom stereocenters. The second-order valence-electron chi connectivity index (χ2n) is 14.3. The van der Waals surface area contributed by atoms with Crippen LogP contribution in [0, 0.1) is 0 Å². The smallest absolute Gasteiger partial charge is 0.462 e. The van der Waals surface area contributed by atoms with Gasteiger partial charge in [-0.1, -0.05) is 118 Å². The van der Waals surface area contributed by atoms with Gasteiger partial charge < -0.3 is 33.8 Å². The summed E-state index contributed by atoms with van der Waals surface area (Å²) in [5.41, 5.74) is 0. The molecule has 0 aromatic heterocycles. The summed E-state index contributed by atoms with van der Waals surface area (Å²) in [4.78, 5) is 69.7. The number of ether oxygens (including phenoxy) is 4. The van der Waals surface area contributed by atoms with Gasteiger partial charge in [-0.3, -0.25) is 37.3 Å². The molecule has 0 radical (unpaired) electrons. The van der Waals surface area contributed by atoms with Crippen molar-refractivity contribution < 1.29 is 80.2 Å². The van der Waals surface area contributed by atoms with Crippen LogP contribution in [-0.4, -0.2) is 96.7 Å². The van der Waals surface area contributed by atoms with Gasteiger partial charge in [0.25, 0.3) is 0 Å². The van der Waals surface area contributed by atoms with Crippen LogP contribution in [0.5, 0.6) is 0 Å². The summed E-state index contributed by atoms with van der Waals surface area (Å²) in [6.07, 6.45) is 12.3. The van der Waals surface area contributed by atoms with E-state index in [9.17, 15) is 43.2 Å². The first-order valence-electron chi connectivity index (χ1n) is 21.3. The summed E-state index contributed by atoms with van der Waals surface area (Å²) in [6, 6.07) is 0. The Morgan fingerprint density at radius 2 is 0.690 bits per heavy atom. The minimum absolute atomic E-state index is 0.0883. The highest BCUT2D eigenvalue weighted by molar-refractivity contribution is 7.47. The molecule has 0 saturated carbocycles. The summed E-state index contributed by atoms with van der Waals surface area (Å²) in [6.45, 7) is 4.21. The minimum atomic E-state index is -4.90. The van der Waals surface area contributed by atoms with Crippen molar-refractivity contribution in [2.75, 3.05) is 39.6 Å². The van der Waals surface area contributed by atoms with Gasteiger partial charge in [0.1, 0.15) is 19.3 Å². The largest absolute Gasteiger partial charge is 0.472 e. The molecule has 58 heavy (non-hydrogen) atoms. The molecule has 19 heteroatoms. The molecular weight excluding hydrogens is 802 g/mol. The number of hydrogen-bond acceptors (Lipinski definition) is 15. The fraction of sp³-hybridized carbons (Fsp3) is 0.897. The Kier molecular flexibility index (Phi) is 34.6. The molecule has 0 aliphatic carbocycles. The van der Waals surface area contributed by atoms with E-state index in [1.165, 1.54) is 0 Å². The fourth-order valence-electron chi connectivity index (χ4n) is 5.21. The van der Waals surface area contributed by atoms with Crippen molar-refractivity contribution in [3.63, 3.8) is 0 Å². The van der Waals surface area contributed by atoms with Gasteiger partial charge >= 0.3 is 39.5 Å². The lowest BCUT2D eigenvalue weighted by Crippen LogP contribution is -2.30. The molecular formula is C39H74O17P2. The van der Waals surface area contributed by atoms with E-state index in [-0.39, 0.29) is 25.7 Å². The zero-order chi connectivity index (χ0) is 43.5. The maximum absolute atomic E-state index is 12.6. The number of phosphoric acid groups is 2. The Morgan fingerprint density at radius 1 is 0.414 bits per heavy atom. The number of carbonyl (C=O) groups is 4. The molecule has 17 nitrogen and oxygen atoms in total. The van der Waals surface area contributed by atoms with E-state index in [0.717, 1.165) is 89.9 Å². The second-order valence-corrected chi connectivity index (χ2v) is 17.2. The fourth-order valence-corrected chi connectivity index (χ4v) is 6.79. The Labute approximate surface area is 346 Å². The van der Waals surface area contributed by atoms with Crippen LogP contribution in [-0.2, 0) is 65.4 Å². The molecule has 0 amide bonds. The topological polar surface area (TPSA) is 237 Å². The zero-order valence-electron chi connectivity index (χ0n) is 35.5. The van der Waals surface area contributed by atoms with Crippen LogP contribution in [0.2, 0.25) is 0 Å². The van der Waals surface area contributed by atoms with Crippen LogP contribution < -0.4 is 0 Å². The van der Waals surface area contributed by atoms with E-state index in [1.807, 2.05) is 13.8 Å². The number of aliphatic hydroxyl groups is 1. The van der Waals surface area contributed by atoms with Crippen molar-refractivity contribution in [3.8, 4) is 0 Å². The molecule has 0 aliphatic heterocycles. The molecule has 0 rings (SSSR count). The van der Waals surface area contributed by atoms with Gasteiger partial charge in [-0.05, 0) is 25.7 Å². The molecule has 342 valence electrons. The van der Waals surface area contributed by atoms with Gasteiger partial charge in [-0.2, -0.15) is 0 Å². The van der Waals surface area contributed by atoms with Crippen LogP contribution >= 0.6 is 15.6 Å². The van der Waals surface area contributed by atoms with Crippen molar-refractivity contribution >= 4 is 39.5 Å². The Morgan fingerprint density at radius 3 is 1.07 bits per heavy atom. The third-order valence-electron chi connectivity index (χ3n) is 8.60. The number of hydrogen-bond donors (Lipinski definition) is 3. The number of rotatable bonds is 40. The van der Waals surface area contributed by atoms with Crippen LogP contribution in [0.3, 0.4) is 0 Å². The molecule has 0 spiro atoms. The summed E-state index contributed by atoms with van der Waals surface area (Å²) in [5, 5.41) is 10.3. The quantitative estimate of drug-likeness (QED) is 0.0228. The first-order valence-corrected chi connectivity index (χ1v) is 24.3. The van der Waals surface area contributed by atoms with Crippen LogP contribution in [0.15, 0.2) is 0 Å². The molecule has 0 saturated heterocycles. The number of aliphatic hydroxyl groups excluding tert-OH is 1. The van der Waals surface area contributed by atoms with Crippen molar-refractivity contribution in [1.29, 1.82) is 0 Å².